The Labute approximate surface area is 219 Å². The number of hydrogen-bond donors (Lipinski definition) is 4. The van der Waals surface area contributed by atoms with Crippen LogP contribution in [0, 0.1) is 0 Å². The third-order valence-electron chi connectivity index (χ3n) is 4.79. The Hall–Kier alpha value is -4.22. The van der Waals surface area contributed by atoms with E-state index in [0.29, 0.717) is 10.8 Å². The molecule has 0 unspecified atom stereocenters. The lowest BCUT2D eigenvalue weighted by atomic mass is 10.1. The van der Waals surface area contributed by atoms with E-state index in [1.165, 1.54) is 42.5 Å². The predicted octanol–water partition coefficient (Wildman–Crippen LogP) is 3.47. The van der Waals surface area contributed by atoms with E-state index in [1.54, 1.807) is 0 Å². The first-order chi connectivity index (χ1) is 17.5. The molecule has 13 heteroatoms. The van der Waals surface area contributed by atoms with Crippen LogP contribution in [0.15, 0.2) is 42.5 Å². The van der Waals surface area contributed by atoms with E-state index in [4.69, 9.17) is 47.6 Å². The van der Waals surface area contributed by atoms with Gasteiger partial charge in [0.1, 0.15) is 17.2 Å². The zero-order valence-corrected chi connectivity index (χ0v) is 20.3. The maximum absolute atomic E-state index is 12.6. The van der Waals surface area contributed by atoms with Crippen LogP contribution < -0.4 is 19.5 Å². The topological polar surface area (TPSA) is 169 Å². The van der Waals surface area contributed by atoms with E-state index in [9.17, 15) is 24.3 Å². The second kappa shape index (κ2) is 12.2. The number of benzene rings is 3. The molecule has 1 amide bonds. The number of rotatable bonds is 12. The summed E-state index contributed by atoms with van der Waals surface area (Å²) in [5.41, 5.74) is 0.0975. The van der Waals surface area contributed by atoms with Gasteiger partial charge < -0.3 is 34.8 Å². The number of carbonyl (C=O) groups excluding carboxylic acids is 1. The van der Waals surface area contributed by atoms with Crippen molar-refractivity contribution < 1.29 is 48.7 Å². The molecule has 0 aliphatic carbocycles. The second-order valence-corrected chi connectivity index (χ2v) is 8.27. The van der Waals surface area contributed by atoms with Crippen molar-refractivity contribution in [3.8, 4) is 17.2 Å². The number of halogens is 2. The first-order valence-corrected chi connectivity index (χ1v) is 11.2. The van der Waals surface area contributed by atoms with Gasteiger partial charge in [-0.2, -0.15) is 0 Å². The third kappa shape index (κ3) is 7.38. The Morgan fingerprint density at radius 3 is 1.95 bits per heavy atom. The average molecular weight is 552 g/mol. The van der Waals surface area contributed by atoms with Crippen LogP contribution in [0.3, 0.4) is 0 Å². The minimum atomic E-state index is -1.24. The van der Waals surface area contributed by atoms with Gasteiger partial charge in [-0.15, -0.1) is 0 Å². The fourth-order valence-corrected chi connectivity index (χ4v) is 3.88. The number of hydrogen-bond acceptors (Lipinski definition) is 7. The van der Waals surface area contributed by atoms with Crippen molar-refractivity contribution in [1.82, 2.24) is 5.32 Å². The normalized spacial score (nSPS) is 10.5. The van der Waals surface area contributed by atoms with Crippen LogP contribution in [0.5, 0.6) is 17.2 Å². The third-order valence-corrected chi connectivity index (χ3v) is 5.31. The average Bonchev–Trinajstić information content (AvgIpc) is 2.82. The van der Waals surface area contributed by atoms with Crippen molar-refractivity contribution in [2.24, 2.45) is 0 Å². The van der Waals surface area contributed by atoms with Crippen LogP contribution >= 0.6 is 23.2 Å². The highest BCUT2D eigenvalue weighted by molar-refractivity contribution is 6.39. The molecule has 3 rings (SSSR count). The molecule has 0 heterocycles. The Morgan fingerprint density at radius 2 is 1.38 bits per heavy atom. The summed E-state index contributed by atoms with van der Waals surface area (Å²) in [6.07, 6.45) is 0. The van der Waals surface area contributed by atoms with Crippen LogP contribution in [0.25, 0.3) is 10.8 Å². The van der Waals surface area contributed by atoms with Crippen molar-refractivity contribution >= 4 is 57.8 Å². The van der Waals surface area contributed by atoms with Crippen LogP contribution in [0.2, 0.25) is 10.0 Å². The van der Waals surface area contributed by atoms with Gasteiger partial charge in [0.05, 0.1) is 22.7 Å². The van der Waals surface area contributed by atoms with Crippen LogP contribution in [-0.2, 0) is 20.9 Å². The van der Waals surface area contributed by atoms with E-state index >= 15 is 0 Å². The largest absolute Gasteiger partial charge is 0.483 e. The molecule has 3 aromatic rings. The van der Waals surface area contributed by atoms with Crippen molar-refractivity contribution in [3.63, 3.8) is 0 Å². The molecular formula is C24H19Cl2NO10. The smallest absolute Gasteiger partial charge is 0.341 e. The second-order valence-electron chi connectivity index (χ2n) is 7.43. The summed E-state index contributed by atoms with van der Waals surface area (Å²) in [4.78, 5) is 45.9. The highest BCUT2D eigenvalue weighted by atomic mass is 35.5. The Balaban J connectivity index is 1.78. The van der Waals surface area contributed by atoms with Gasteiger partial charge in [-0.3, -0.25) is 4.79 Å². The van der Waals surface area contributed by atoms with Gasteiger partial charge in [0, 0.05) is 10.4 Å². The molecular weight excluding hydrogens is 533 g/mol. The summed E-state index contributed by atoms with van der Waals surface area (Å²) in [5, 5.41) is 31.0. The monoisotopic (exact) mass is 551 g/mol. The summed E-state index contributed by atoms with van der Waals surface area (Å²) in [5.74, 6) is -4.17. The molecule has 4 N–H and O–H groups in total. The Kier molecular flexibility index (Phi) is 8.99. The summed E-state index contributed by atoms with van der Waals surface area (Å²) >= 11 is 12.3. The van der Waals surface area contributed by atoms with Gasteiger partial charge in [0.25, 0.3) is 5.91 Å². The number of amides is 1. The molecule has 0 aromatic heterocycles. The molecule has 0 aliphatic rings. The number of fused-ring (bicyclic) bond motifs is 1. The van der Waals surface area contributed by atoms with E-state index < -0.39 is 43.6 Å². The number of carbonyl (C=O) groups is 4. The van der Waals surface area contributed by atoms with Crippen LogP contribution in [-0.4, -0.2) is 59.0 Å². The van der Waals surface area contributed by atoms with Crippen molar-refractivity contribution in [3.05, 3.63) is 63.6 Å². The first-order valence-electron chi connectivity index (χ1n) is 10.4. The number of nitrogens with one attached hydrogen (secondary N) is 1. The van der Waals surface area contributed by atoms with Crippen LogP contribution in [0.4, 0.5) is 0 Å². The summed E-state index contributed by atoms with van der Waals surface area (Å²) < 4.78 is 16.0. The van der Waals surface area contributed by atoms with Crippen molar-refractivity contribution in [2.75, 3.05) is 19.8 Å². The lowest BCUT2D eigenvalue weighted by molar-refractivity contribution is -0.140. The van der Waals surface area contributed by atoms with E-state index in [2.05, 4.69) is 5.32 Å². The standard InChI is InChI=1S/C24H19Cl2NO10/c25-14-5-12-4-13(24(33)34)6-19(23(12)16(26)7-14)35-9-20(28)27-8-15-17(36-10-21(29)30)2-1-3-18(15)37-11-22(31)32/h1-7H,8-11H2,(H,27,28)(H,29,30)(H,31,32)(H,33,34). The molecule has 0 saturated carbocycles. The van der Waals surface area contributed by atoms with Gasteiger partial charge in [0.15, 0.2) is 19.8 Å². The molecule has 194 valence electrons. The highest BCUT2D eigenvalue weighted by Gasteiger charge is 2.17. The number of carboxylic acid groups (broad SMARTS) is 3. The van der Waals surface area contributed by atoms with Crippen molar-refractivity contribution in [2.45, 2.75) is 6.54 Å². The Morgan fingerprint density at radius 1 is 0.784 bits per heavy atom. The maximum Gasteiger partial charge on any atom is 0.341 e. The quantitative estimate of drug-likeness (QED) is 0.261. The van der Waals surface area contributed by atoms with Crippen molar-refractivity contribution in [1.29, 1.82) is 0 Å². The zero-order chi connectivity index (χ0) is 27.1. The summed E-state index contributed by atoms with van der Waals surface area (Å²) in [6, 6.07) is 9.90. The summed E-state index contributed by atoms with van der Waals surface area (Å²) in [6.45, 7) is -2.12. The first kappa shape index (κ1) is 27.4. The fourth-order valence-electron chi connectivity index (χ4n) is 3.28. The van der Waals surface area contributed by atoms with Gasteiger partial charge in [0.2, 0.25) is 0 Å². The molecule has 11 nitrogen and oxygen atoms in total. The molecule has 0 bridgehead atoms. The highest BCUT2D eigenvalue weighted by Crippen LogP contribution is 2.36. The van der Waals surface area contributed by atoms with E-state index in [0.717, 1.165) is 0 Å². The van der Waals surface area contributed by atoms with Gasteiger partial charge in [-0.1, -0.05) is 29.3 Å². The van der Waals surface area contributed by atoms with E-state index in [1.807, 2.05) is 0 Å². The van der Waals surface area contributed by atoms with Gasteiger partial charge in [-0.05, 0) is 41.8 Å². The predicted molar refractivity (Wildman–Crippen MR) is 131 cm³/mol. The fraction of sp³-hybridized carbons (Fsp3) is 0.167. The zero-order valence-electron chi connectivity index (χ0n) is 18.8. The number of carboxylic acids is 3. The maximum atomic E-state index is 12.6. The number of aliphatic carboxylic acids is 2. The molecule has 0 atom stereocenters. The molecule has 0 fully saturated rings. The Bertz CT molecular complexity index is 1340. The van der Waals surface area contributed by atoms with E-state index in [-0.39, 0.29) is 45.0 Å². The molecule has 0 radical (unpaired) electrons. The molecule has 0 aliphatic heterocycles. The molecule has 37 heavy (non-hydrogen) atoms. The molecule has 0 spiro atoms. The minimum absolute atomic E-state index is 0.0439. The van der Waals surface area contributed by atoms with Gasteiger partial charge >= 0.3 is 17.9 Å². The lowest BCUT2D eigenvalue weighted by Gasteiger charge is -2.16. The minimum Gasteiger partial charge on any atom is -0.483 e. The molecule has 3 aromatic carbocycles. The molecule has 0 saturated heterocycles. The lowest BCUT2D eigenvalue weighted by Crippen LogP contribution is -2.29. The van der Waals surface area contributed by atoms with Gasteiger partial charge in [-0.25, -0.2) is 14.4 Å². The summed E-state index contributed by atoms with van der Waals surface area (Å²) in [7, 11) is 0. The SMILES string of the molecule is O=C(O)COc1cccc(OCC(=O)O)c1CNC(=O)COc1cc(C(=O)O)cc2cc(Cl)cc(Cl)c12. The van der Waals surface area contributed by atoms with Crippen LogP contribution in [0.1, 0.15) is 15.9 Å². The number of aromatic carboxylic acids is 1. The number of ether oxygens (including phenoxy) is 3.